The zero-order chi connectivity index (χ0) is 21.8. The van der Waals surface area contributed by atoms with Crippen LogP contribution in [0.1, 0.15) is 15.9 Å². The number of hydrogen-bond donors (Lipinski definition) is 1. The Balaban J connectivity index is 1.26. The van der Waals surface area contributed by atoms with Gasteiger partial charge in [-0.25, -0.2) is 4.98 Å². The van der Waals surface area contributed by atoms with Crippen molar-refractivity contribution in [1.82, 2.24) is 4.98 Å². The lowest BCUT2D eigenvalue weighted by Gasteiger charge is -2.09. The molecule has 1 N–H and O–H groups in total. The van der Waals surface area contributed by atoms with Gasteiger partial charge in [-0.1, -0.05) is 48.5 Å². The number of fused-ring (bicyclic) bond motifs is 1. The normalized spacial score (nSPS) is 10.8. The van der Waals surface area contributed by atoms with Crippen molar-refractivity contribution in [1.29, 1.82) is 0 Å². The Labute approximate surface area is 185 Å². The van der Waals surface area contributed by atoms with Crippen LogP contribution in [0.2, 0.25) is 0 Å². The smallest absolute Gasteiger partial charge is 0.255 e. The van der Waals surface area contributed by atoms with Gasteiger partial charge in [-0.05, 0) is 60.2 Å². The van der Waals surface area contributed by atoms with E-state index < -0.39 is 0 Å². The lowest BCUT2D eigenvalue weighted by molar-refractivity contribution is 0.102. The Hall–Kier alpha value is -4.38. The van der Waals surface area contributed by atoms with Crippen molar-refractivity contribution in [2.75, 3.05) is 5.32 Å². The molecule has 0 unspecified atom stereocenters. The number of rotatable bonds is 6. The van der Waals surface area contributed by atoms with Gasteiger partial charge in [0.25, 0.3) is 5.91 Å². The highest BCUT2D eigenvalue weighted by Gasteiger charge is 2.11. The summed E-state index contributed by atoms with van der Waals surface area (Å²) >= 11 is 0. The molecule has 32 heavy (non-hydrogen) atoms. The van der Waals surface area contributed by atoms with Crippen molar-refractivity contribution in [2.24, 2.45) is 0 Å². The number of carbonyl (C=O) groups is 1. The van der Waals surface area contributed by atoms with Gasteiger partial charge in [-0.3, -0.25) is 4.79 Å². The van der Waals surface area contributed by atoms with Crippen LogP contribution in [-0.4, -0.2) is 10.9 Å². The van der Waals surface area contributed by atoms with Crippen molar-refractivity contribution in [3.63, 3.8) is 0 Å². The van der Waals surface area contributed by atoms with E-state index >= 15 is 0 Å². The zero-order valence-corrected chi connectivity index (χ0v) is 17.2. The number of nitrogens with zero attached hydrogens (tertiary/aromatic N) is 1. The van der Waals surface area contributed by atoms with Gasteiger partial charge in [-0.2, -0.15) is 0 Å². The number of amides is 1. The van der Waals surface area contributed by atoms with Crippen LogP contribution < -0.4 is 10.1 Å². The first kappa shape index (κ1) is 19.6. The second kappa shape index (κ2) is 8.78. The highest BCUT2D eigenvalue weighted by Crippen LogP contribution is 2.26. The summed E-state index contributed by atoms with van der Waals surface area (Å²) in [4.78, 5) is 17.2. The Morgan fingerprint density at radius 3 is 2.44 bits per heavy atom. The van der Waals surface area contributed by atoms with E-state index in [2.05, 4.69) is 10.3 Å². The maximum absolute atomic E-state index is 12.7. The molecular weight excluding hydrogens is 400 g/mol. The first-order valence-electron chi connectivity index (χ1n) is 10.3. The second-order valence-corrected chi connectivity index (χ2v) is 7.32. The van der Waals surface area contributed by atoms with Crippen LogP contribution in [0, 0.1) is 0 Å². The van der Waals surface area contributed by atoms with Gasteiger partial charge >= 0.3 is 0 Å². The number of ether oxygens (including phenoxy) is 1. The highest BCUT2D eigenvalue weighted by molar-refractivity contribution is 6.04. The molecule has 5 nitrogen and oxygen atoms in total. The van der Waals surface area contributed by atoms with Gasteiger partial charge in [0.15, 0.2) is 5.58 Å². The van der Waals surface area contributed by atoms with E-state index in [1.165, 1.54) is 0 Å². The van der Waals surface area contributed by atoms with Gasteiger partial charge in [0.2, 0.25) is 5.89 Å². The number of carbonyl (C=O) groups excluding carboxylic acids is 1. The van der Waals surface area contributed by atoms with Gasteiger partial charge in [0.1, 0.15) is 17.9 Å². The molecule has 156 valence electrons. The zero-order valence-electron chi connectivity index (χ0n) is 17.2. The van der Waals surface area contributed by atoms with Crippen LogP contribution >= 0.6 is 0 Å². The predicted molar refractivity (Wildman–Crippen MR) is 125 cm³/mol. The van der Waals surface area contributed by atoms with E-state index in [1.807, 2.05) is 78.9 Å². The largest absolute Gasteiger partial charge is 0.489 e. The fourth-order valence-corrected chi connectivity index (χ4v) is 3.37. The molecule has 0 aliphatic carbocycles. The number of oxazole rings is 1. The van der Waals surface area contributed by atoms with Crippen molar-refractivity contribution in [2.45, 2.75) is 6.61 Å². The third-order valence-corrected chi connectivity index (χ3v) is 5.03. The van der Waals surface area contributed by atoms with E-state index in [1.54, 1.807) is 24.3 Å². The molecule has 5 rings (SSSR count). The van der Waals surface area contributed by atoms with Crippen molar-refractivity contribution < 1.29 is 13.9 Å². The van der Waals surface area contributed by atoms with Crippen LogP contribution in [0.4, 0.5) is 5.69 Å². The van der Waals surface area contributed by atoms with Gasteiger partial charge in [0, 0.05) is 16.8 Å². The molecule has 0 atom stereocenters. The first-order valence-corrected chi connectivity index (χ1v) is 10.3. The molecule has 0 fully saturated rings. The van der Waals surface area contributed by atoms with Crippen molar-refractivity contribution >= 4 is 22.7 Å². The number of anilines is 1. The summed E-state index contributed by atoms with van der Waals surface area (Å²) in [6.07, 6.45) is 0. The van der Waals surface area contributed by atoms with Crippen LogP contribution in [0.3, 0.4) is 0 Å². The average molecular weight is 420 g/mol. The fraction of sp³-hybridized carbons (Fsp3) is 0.0370. The summed E-state index contributed by atoms with van der Waals surface area (Å²) in [6, 6.07) is 32.1. The molecule has 4 aromatic carbocycles. The lowest BCUT2D eigenvalue weighted by atomic mass is 10.1. The molecule has 1 aromatic heterocycles. The van der Waals surface area contributed by atoms with Gasteiger partial charge in [-0.15, -0.1) is 0 Å². The van der Waals surface area contributed by atoms with Crippen molar-refractivity contribution in [3.8, 4) is 17.2 Å². The number of aromatic nitrogens is 1. The van der Waals surface area contributed by atoms with Crippen LogP contribution in [0.5, 0.6) is 5.75 Å². The molecule has 5 aromatic rings. The topological polar surface area (TPSA) is 64.4 Å². The highest BCUT2D eigenvalue weighted by atomic mass is 16.5. The van der Waals surface area contributed by atoms with E-state index in [4.69, 9.17) is 9.15 Å². The van der Waals surface area contributed by atoms with E-state index in [0.717, 1.165) is 22.2 Å². The lowest BCUT2D eigenvalue weighted by Crippen LogP contribution is -2.11. The number of hydrogen-bond acceptors (Lipinski definition) is 4. The first-order chi connectivity index (χ1) is 15.7. The Morgan fingerprint density at radius 1 is 0.844 bits per heavy atom. The standard InChI is InChI=1S/C27H20N2O3/c30-26(20-13-15-23(16-14-20)31-18-19-7-2-1-3-8-19)28-22-10-6-9-21(17-22)27-29-24-11-4-5-12-25(24)32-27/h1-17H,18H2,(H,28,30). The third-order valence-electron chi connectivity index (χ3n) is 5.03. The summed E-state index contributed by atoms with van der Waals surface area (Å²) in [7, 11) is 0. The monoisotopic (exact) mass is 420 g/mol. The fourth-order valence-electron chi connectivity index (χ4n) is 3.37. The molecular formula is C27H20N2O3. The predicted octanol–water partition coefficient (Wildman–Crippen LogP) is 6.33. The average Bonchev–Trinajstić information content (AvgIpc) is 3.28. The Kier molecular flexibility index (Phi) is 5.37. The van der Waals surface area contributed by atoms with Gasteiger partial charge in [0.05, 0.1) is 0 Å². The maximum Gasteiger partial charge on any atom is 0.255 e. The maximum atomic E-state index is 12.7. The molecule has 0 saturated heterocycles. The summed E-state index contributed by atoms with van der Waals surface area (Å²) in [6.45, 7) is 0.481. The summed E-state index contributed by atoms with van der Waals surface area (Å²) in [5.74, 6) is 1.03. The minimum absolute atomic E-state index is 0.200. The Morgan fingerprint density at radius 2 is 1.62 bits per heavy atom. The van der Waals surface area contributed by atoms with Crippen LogP contribution in [0.15, 0.2) is 108 Å². The molecule has 0 aliphatic rings. The summed E-state index contributed by atoms with van der Waals surface area (Å²) < 4.78 is 11.6. The van der Waals surface area contributed by atoms with E-state index in [-0.39, 0.29) is 5.91 Å². The molecule has 0 saturated carbocycles. The van der Waals surface area contributed by atoms with Crippen LogP contribution in [-0.2, 0) is 6.61 Å². The molecule has 0 bridgehead atoms. The molecule has 0 radical (unpaired) electrons. The van der Waals surface area contributed by atoms with Crippen LogP contribution in [0.25, 0.3) is 22.6 Å². The van der Waals surface area contributed by atoms with E-state index in [9.17, 15) is 4.79 Å². The third kappa shape index (κ3) is 4.37. The minimum Gasteiger partial charge on any atom is -0.489 e. The van der Waals surface area contributed by atoms with E-state index in [0.29, 0.717) is 29.5 Å². The summed E-state index contributed by atoms with van der Waals surface area (Å²) in [5, 5.41) is 2.93. The molecule has 0 aliphatic heterocycles. The Bertz CT molecular complexity index is 1330. The number of nitrogens with one attached hydrogen (secondary N) is 1. The molecule has 1 amide bonds. The number of benzene rings is 4. The SMILES string of the molecule is O=C(Nc1cccc(-c2nc3ccccc3o2)c1)c1ccc(OCc2ccccc2)cc1. The molecule has 0 spiro atoms. The summed E-state index contributed by atoms with van der Waals surface area (Å²) in [5.41, 5.74) is 4.62. The second-order valence-electron chi connectivity index (χ2n) is 7.32. The van der Waals surface area contributed by atoms with Gasteiger partial charge < -0.3 is 14.5 Å². The van der Waals surface area contributed by atoms with Crippen molar-refractivity contribution in [3.05, 3.63) is 114 Å². The molecule has 1 heterocycles. The number of para-hydroxylation sites is 2. The molecule has 5 heteroatoms. The minimum atomic E-state index is -0.200. The quantitative estimate of drug-likeness (QED) is 0.349.